The average Bonchev–Trinajstić information content (AvgIpc) is 2.68. The van der Waals surface area contributed by atoms with Gasteiger partial charge >= 0.3 is 0 Å². The van der Waals surface area contributed by atoms with E-state index in [1.165, 1.54) is 49.2 Å². The van der Waals surface area contributed by atoms with Crippen molar-refractivity contribution in [3.8, 4) is 0 Å². The van der Waals surface area contributed by atoms with Gasteiger partial charge in [-0.1, -0.05) is 38.5 Å². The molecule has 0 aliphatic heterocycles. The quantitative estimate of drug-likeness (QED) is 0.251. The largest absolute Gasteiger partial charge is 0.354 e. The number of nitrogens with zero attached hydrogens (tertiary/aromatic N) is 2. The topological polar surface area (TPSA) is 71.5 Å². The first-order valence-corrected chi connectivity index (χ1v) is 11.0. The molecule has 0 aromatic carbocycles. The highest BCUT2D eigenvalue weighted by Gasteiger charge is 2.15. The van der Waals surface area contributed by atoms with Crippen molar-refractivity contribution in [1.82, 2.24) is 15.4 Å². The lowest BCUT2D eigenvalue weighted by molar-refractivity contribution is -0.215. The first-order chi connectivity index (χ1) is 13.9. The molecule has 0 fully saturated rings. The van der Waals surface area contributed by atoms with Gasteiger partial charge in [-0.3, -0.25) is 19.4 Å². The summed E-state index contributed by atoms with van der Waals surface area (Å²) < 4.78 is 0. The molecule has 0 saturated carbocycles. The molecule has 29 heavy (non-hydrogen) atoms. The van der Waals surface area contributed by atoms with Gasteiger partial charge in [-0.15, -0.1) is 0 Å². The first kappa shape index (κ1) is 25.1. The fourth-order valence-corrected chi connectivity index (χ4v) is 3.09. The van der Waals surface area contributed by atoms with Gasteiger partial charge in [-0.05, 0) is 57.7 Å². The molecule has 0 atom stereocenters. The molecule has 6 nitrogen and oxygen atoms in total. The van der Waals surface area contributed by atoms with Crippen LogP contribution in [0.5, 0.6) is 0 Å². The van der Waals surface area contributed by atoms with Crippen molar-refractivity contribution in [1.29, 1.82) is 0 Å². The monoisotopic (exact) mass is 405 g/mol. The summed E-state index contributed by atoms with van der Waals surface area (Å²) in [7, 11) is 0. The molecule has 0 unspecified atom stereocenters. The molecule has 1 N–H and O–H groups in total. The SMILES string of the molecule is CC(C)(C)ON(C=O)CCNC(=O)CCCCCCCCCCc1ccncc1. The minimum Gasteiger partial charge on any atom is -0.354 e. The van der Waals surface area contributed by atoms with Gasteiger partial charge in [0.15, 0.2) is 0 Å². The van der Waals surface area contributed by atoms with Gasteiger partial charge in [0.05, 0.1) is 12.1 Å². The van der Waals surface area contributed by atoms with E-state index in [9.17, 15) is 9.59 Å². The predicted octanol–water partition coefficient (Wildman–Crippen LogP) is 4.44. The number of carbonyl (C=O) groups excluding carboxylic acids is 2. The van der Waals surface area contributed by atoms with E-state index in [2.05, 4.69) is 22.4 Å². The van der Waals surface area contributed by atoms with Crippen molar-refractivity contribution in [2.45, 2.75) is 90.6 Å². The van der Waals surface area contributed by atoms with Crippen molar-refractivity contribution in [2.24, 2.45) is 0 Å². The Morgan fingerprint density at radius 2 is 1.62 bits per heavy atom. The summed E-state index contributed by atoms with van der Waals surface area (Å²) in [4.78, 5) is 32.3. The molecule has 1 rings (SSSR count). The molecular formula is C23H39N3O3. The number of carbonyl (C=O) groups is 2. The minimum atomic E-state index is -0.426. The Bertz CT molecular complexity index is 558. The lowest BCUT2D eigenvalue weighted by Gasteiger charge is -2.26. The maximum atomic E-state index is 11.9. The van der Waals surface area contributed by atoms with E-state index in [0.29, 0.717) is 25.9 Å². The van der Waals surface area contributed by atoms with Crippen LogP contribution in [-0.2, 0) is 20.8 Å². The number of hydroxylamine groups is 2. The fraction of sp³-hybridized carbons (Fsp3) is 0.696. The summed E-state index contributed by atoms with van der Waals surface area (Å²) in [6.07, 6.45) is 15.6. The van der Waals surface area contributed by atoms with E-state index in [1.54, 1.807) is 0 Å². The normalized spacial score (nSPS) is 11.3. The highest BCUT2D eigenvalue weighted by Crippen LogP contribution is 2.12. The molecule has 0 spiro atoms. The lowest BCUT2D eigenvalue weighted by Crippen LogP contribution is -2.38. The zero-order valence-corrected chi connectivity index (χ0v) is 18.5. The number of nitrogens with one attached hydrogen (secondary N) is 1. The molecule has 1 aromatic rings. The Morgan fingerprint density at radius 1 is 1.03 bits per heavy atom. The van der Waals surface area contributed by atoms with Crippen molar-refractivity contribution in [3.05, 3.63) is 30.1 Å². The molecule has 2 amide bonds. The maximum Gasteiger partial charge on any atom is 0.233 e. The van der Waals surface area contributed by atoms with Crippen LogP contribution in [0.25, 0.3) is 0 Å². The van der Waals surface area contributed by atoms with E-state index in [4.69, 9.17) is 4.84 Å². The van der Waals surface area contributed by atoms with Crippen LogP contribution in [0.2, 0.25) is 0 Å². The third-order valence-electron chi connectivity index (χ3n) is 4.53. The van der Waals surface area contributed by atoms with Crippen LogP contribution in [0.4, 0.5) is 0 Å². The molecule has 6 heteroatoms. The zero-order chi connectivity index (χ0) is 21.4. The number of aromatic nitrogens is 1. The molecule has 0 aliphatic rings. The van der Waals surface area contributed by atoms with Crippen molar-refractivity contribution in [3.63, 3.8) is 0 Å². The number of amides is 2. The van der Waals surface area contributed by atoms with Crippen LogP contribution < -0.4 is 5.32 Å². The van der Waals surface area contributed by atoms with Gasteiger partial charge in [-0.25, -0.2) is 5.06 Å². The summed E-state index contributed by atoms with van der Waals surface area (Å²) in [5.74, 6) is 0.0442. The number of unbranched alkanes of at least 4 members (excludes halogenated alkanes) is 7. The average molecular weight is 406 g/mol. The molecule has 0 saturated heterocycles. The van der Waals surface area contributed by atoms with E-state index >= 15 is 0 Å². The summed E-state index contributed by atoms with van der Waals surface area (Å²) in [6, 6.07) is 4.18. The molecule has 164 valence electrons. The number of aryl methyl sites for hydroxylation is 1. The summed E-state index contributed by atoms with van der Waals surface area (Å²) >= 11 is 0. The van der Waals surface area contributed by atoms with Crippen molar-refractivity contribution >= 4 is 12.3 Å². The Balaban J connectivity index is 1.90. The van der Waals surface area contributed by atoms with Gasteiger partial charge in [0, 0.05) is 25.4 Å². The van der Waals surface area contributed by atoms with Crippen molar-refractivity contribution < 1.29 is 14.4 Å². The van der Waals surface area contributed by atoms with E-state index in [0.717, 1.165) is 19.3 Å². The highest BCUT2D eigenvalue weighted by atomic mass is 16.7. The molecular weight excluding hydrogens is 366 g/mol. The summed E-state index contributed by atoms with van der Waals surface area (Å²) in [5.41, 5.74) is 0.948. The van der Waals surface area contributed by atoms with E-state index in [-0.39, 0.29) is 5.91 Å². The second kappa shape index (κ2) is 15.0. The Hall–Kier alpha value is -1.95. The molecule has 1 aromatic heterocycles. The number of pyridine rings is 1. The number of rotatable bonds is 16. The second-order valence-electron chi connectivity index (χ2n) is 8.48. The lowest BCUT2D eigenvalue weighted by atomic mass is 10.0. The van der Waals surface area contributed by atoms with Gasteiger partial charge in [-0.2, -0.15) is 0 Å². The zero-order valence-electron chi connectivity index (χ0n) is 18.5. The molecule has 1 heterocycles. The standard InChI is InChI=1S/C23H39N3O3/c1-23(2,3)29-26(20-27)19-18-25-22(28)13-11-9-7-5-4-6-8-10-12-21-14-16-24-17-15-21/h14-17,20H,4-13,18-19H2,1-3H3,(H,25,28). The molecule has 0 radical (unpaired) electrons. The summed E-state index contributed by atoms with van der Waals surface area (Å²) in [5, 5.41) is 4.08. The third kappa shape index (κ3) is 14.7. The first-order valence-electron chi connectivity index (χ1n) is 11.0. The van der Waals surface area contributed by atoms with Crippen LogP contribution in [-0.4, -0.2) is 41.1 Å². The summed E-state index contributed by atoms with van der Waals surface area (Å²) in [6.45, 7) is 6.40. The van der Waals surface area contributed by atoms with E-state index < -0.39 is 5.60 Å². The minimum absolute atomic E-state index is 0.0442. The van der Waals surface area contributed by atoms with Crippen LogP contribution in [0, 0.1) is 0 Å². The number of hydrogen-bond acceptors (Lipinski definition) is 4. The van der Waals surface area contributed by atoms with Crippen LogP contribution >= 0.6 is 0 Å². The van der Waals surface area contributed by atoms with Crippen LogP contribution in [0.1, 0.15) is 84.1 Å². The van der Waals surface area contributed by atoms with Gasteiger partial charge in [0.25, 0.3) is 0 Å². The third-order valence-corrected chi connectivity index (χ3v) is 4.53. The Labute approximate surface area is 176 Å². The van der Waals surface area contributed by atoms with Gasteiger partial charge in [0.2, 0.25) is 12.3 Å². The maximum absolute atomic E-state index is 11.9. The van der Waals surface area contributed by atoms with Crippen LogP contribution in [0.3, 0.4) is 0 Å². The Kier molecular flexibility index (Phi) is 12.9. The highest BCUT2D eigenvalue weighted by molar-refractivity contribution is 5.75. The second-order valence-corrected chi connectivity index (χ2v) is 8.48. The Morgan fingerprint density at radius 3 is 2.21 bits per heavy atom. The molecule has 0 bridgehead atoms. The fourth-order valence-electron chi connectivity index (χ4n) is 3.09. The van der Waals surface area contributed by atoms with E-state index in [1.807, 2.05) is 33.2 Å². The smallest absolute Gasteiger partial charge is 0.233 e. The van der Waals surface area contributed by atoms with Gasteiger partial charge in [0.1, 0.15) is 0 Å². The molecule has 0 aliphatic carbocycles. The van der Waals surface area contributed by atoms with Gasteiger partial charge < -0.3 is 5.32 Å². The number of hydrogen-bond donors (Lipinski definition) is 1. The van der Waals surface area contributed by atoms with Crippen LogP contribution in [0.15, 0.2) is 24.5 Å². The predicted molar refractivity (Wildman–Crippen MR) is 116 cm³/mol. The van der Waals surface area contributed by atoms with Crippen molar-refractivity contribution in [2.75, 3.05) is 13.1 Å².